The standard InChI is InChI=1S/C14H14FN3O2/c1-17-9-13(19)18(14(17)20)8-11-4-5-12(15)7-10(11)3-2-6-16/h4-5,7H,6,8-9,16H2,1H3. The minimum absolute atomic E-state index is 0.0594. The molecule has 5 nitrogen and oxygen atoms in total. The molecule has 2 N–H and O–H groups in total. The first-order chi connectivity index (χ1) is 9.52. The molecule has 20 heavy (non-hydrogen) atoms. The summed E-state index contributed by atoms with van der Waals surface area (Å²) in [6.45, 7) is 0.293. The SMILES string of the molecule is CN1CC(=O)N(Cc2ccc(F)cc2C#CCN)C1=O. The van der Waals surface area contributed by atoms with E-state index in [-0.39, 0.29) is 31.6 Å². The van der Waals surface area contributed by atoms with Crippen LogP contribution in [0.1, 0.15) is 11.1 Å². The van der Waals surface area contributed by atoms with Gasteiger partial charge in [-0.2, -0.15) is 0 Å². The first-order valence-electron chi connectivity index (χ1n) is 6.05. The number of rotatable bonds is 2. The maximum Gasteiger partial charge on any atom is 0.327 e. The Balaban J connectivity index is 2.29. The first-order valence-corrected chi connectivity index (χ1v) is 6.05. The quantitative estimate of drug-likeness (QED) is 0.632. The summed E-state index contributed by atoms with van der Waals surface area (Å²) in [7, 11) is 1.56. The first kappa shape index (κ1) is 14.0. The van der Waals surface area contributed by atoms with Crippen molar-refractivity contribution in [3.63, 3.8) is 0 Å². The molecule has 1 saturated heterocycles. The van der Waals surface area contributed by atoms with Gasteiger partial charge < -0.3 is 10.6 Å². The van der Waals surface area contributed by atoms with Gasteiger partial charge in [0.1, 0.15) is 12.4 Å². The summed E-state index contributed by atoms with van der Waals surface area (Å²) in [5.41, 5.74) is 6.35. The summed E-state index contributed by atoms with van der Waals surface area (Å²) in [5, 5.41) is 0. The zero-order valence-corrected chi connectivity index (χ0v) is 11.0. The third-order valence-electron chi connectivity index (χ3n) is 2.96. The van der Waals surface area contributed by atoms with Crippen molar-refractivity contribution in [2.75, 3.05) is 20.1 Å². The molecule has 0 bridgehead atoms. The van der Waals surface area contributed by atoms with Crippen molar-refractivity contribution < 1.29 is 14.0 Å². The lowest BCUT2D eigenvalue weighted by molar-refractivity contribution is -0.125. The topological polar surface area (TPSA) is 66.6 Å². The van der Waals surface area contributed by atoms with Crippen LogP contribution in [0.2, 0.25) is 0 Å². The molecule has 6 heteroatoms. The number of likely N-dealkylation sites (N-methyl/N-ethyl adjacent to an activating group) is 1. The molecule has 0 saturated carbocycles. The molecule has 0 spiro atoms. The number of halogens is 1. The van der Waals surface area contributed by atoms with Crippen molar-refractivity contribution >= 4 is 11.9 Å². The van der Waals surface area contributed by atoms with Gasteiger partial charge in [0.05, 0.1) is 13.1 Å². The van der Waals surface area contributed by atoms with Gasteiger partial charge in [-0.1, -0.05) is 17.9 Å². The van der Waals surface area contributed by atoms with Gasteiger partial charge >= 0.3 is 6.03 Å². The van der Waals surface area contributed by atoms with Crippen LogP contribution < -0.4 is 5.73 Å². The summed E-state index contributed by atoms with van der Waals surface area (Å²) in [6.07, 6.45) is 0. The average molecular weight is 275 g/mol. The van der Waals surface area contributed by atoms with Crippen molar-refractivity contribution in [2.24, 2.45) is 5.73 Å². The summed E-state index contributed by atoms with van der Waals surface area (Å²) in [4.78, 5) is 26.0. The predicted molar refractivity (Wildman–Crippen MR) is 70.9 cm³/mol. The number of carbonyl (C=O) groups is 2. The Hall–Kier alpha value is -2.39. The number of nitrogens with zero attached hydrogens (tertiary/aromatic N) is 2. The minimum Gasteiger partial charge on any atom is -0.320 e. The van der Waals surface area contributed by atoms with Gasteiger partial charge in [-0.25, -0.2) is 9.18 Å². The third kappa shape index (κ3) is 2.78. The molecular weight excluding hydrogens is 261 g/mol. The zero-order valence-electron chi connectivity index (χ0n) is 11.0. The summed E-state index contributed by atoms with van der Waals surface area (Å²) in [5.74, 6) is 4.69. The molecular formula is C14H14FN3O2. The van der Waals surface area contributed by atoms with Crippen LogP contribution in [-0.4, -0.2) is 41.9 Å². The summed E-state index contributed by atoms with van der Waals surface area (Å²) in [6, 6.07) is 3.70. The number of imide groups is 1. The Kier molecular flexibility index (Phi) is 4.01. The van der Waals surface area contributed by atoms with Gasteiger partial charge in [0.2, 0.25) is 0 Å². The molecule has 1 aromatic rings. The maximum absolute atomic E-state index is 13.2. The molecule has 3 amide bonds. The molecule has 1 aliphatic rings. The van der Waals surface area contributed by atoms with Crippen LogP contribution in [0, 0.1) is 17.7 Å². The van der Waals surface area contributed by atoms with Crippen LogP contribution in [0.4, 0.5) is 9.18 Å². The van der Waals surface area contributed by atoms with E-state index in [1.165, 1.54) is 23.1 Å². The van der Waals surface area contributed by atoms with Crippen LogP contribution in [0.25, 0.3) is 0 Å². The van der Waals surface area contributed by atoms with Gasteiger partial charge in [-0.15, -0.1) is 0 Å². The number of urea groups is 1. The van der Waals surface area contributed by atoms with Gasteiger partial charge in [0.25, 0.3) is 5.91 Å². The minimum atomic E-state index is -0.425. The van der Waals surface area contributed by atoms with E-state index >= 15 is 0 Å². The smallest absolute Gasteiger partial charge is 0.320 e. The predicted octanol–water partition coefficient (Wildman–Crippen LogP) is 0.530. The lowest BCUT2D eigenvalue weighted by Crippen LogP contribution is -2.31. The van der Waals surface area contributed by atoms with E-state index in [1.807, 2.05) is 0 Å². The van der Waals surface area contributed by atoms with Crippen molar-refractivity contribution in [1.29, 1.82) is 0 Å². The number of hydrogen-bond donors (Lipinski definition) is 1. The van der Waals surface area contributed by atoms with Gasteiger partial charge in [0, 0.05) is 12.6 Å². The van der Waals surface area contributed by atoms with Gasteiger partial charge in [-0.05, 0) is 17.7 Å². The average Bonchev–Trinajstić information content (AvgIpc) is 2.65. The molecule has 2 rings (SSSR count). The van der Waals surface area contributed by atoms with Crippen LogP contribution in [0.3, 0.4) is 0 Å². The highest BCUT2D eigenvalue weighted by molar-refractivity contribution is 6.01. The van der Waals surface area contributed by atoms with Crippen LogP contribution >= 0.6 is 0 Å². The van der Waals surface area contributed by atoms with Crippen molar-refractivity contribution in [1.82, 2.24) is 9.80 Å². The molecule has 0 aromatic heterocycles. The molecule has 1 fully saturated rings. The van der Waals surface area contributed by atoms with E-state index in [9.17, 15) is 14.0 Å². The second kappa shape index (κ2) is 5.72. The largest absolute Gasteiger partial charge is 0.327 e. The molecule has 0 unspecified atom stereocenters. The Morgan fingerprint density at radius 1 is 1.40 bits per heavy atom. The molecule has 1 aliphatic heterocycles. The lowest BCUT2D eigenvalue weighted by Gasteiger charge is -2.15. The third-order valence-corrected chi connectivity index (χ3v) is 2.96. The van der Waals surface area contributed by atoms with E-state index in [2.05, 4.69) is 11.8 Å². The van der Waals surface area contributed by atoms with E-state index in [0.717, 1.165) is 4.90 Å². The van der Waals surface area contributed by atoms with E-state index in [4.69, 9.17) is 5.73 Å². The van der Waals surface area contributed by atoms with Gasteiger partial charge in [0.15, 0.2) is 0 Å². The number of amides is 3. The molecule has 104 valence electrons. The van der Waals surface area contributed by atoms with Crippen molar-refractivity contribution in [3.05, 3.63) is 35.1 Å². The molecule has 0 radical (unpaired) electrons. The van der Waals surface area contributed by atoms with Crippen molar-refractivity contribution in [2.45, 2.75) is 6.54 Å². The normalized spacial score (nSPS) is 14.6. The summed E-state index contributed by atoms with van der Waals surface area (Å²) >= 11 is 0. The second-order valence-corrected chi connectivity index (χ2v) is 4.43. The lowest BCUT2D eigenvalue weighted by atomic mass is 10.1. The van der Waals surface area contributed by atoms with Crippen LogP contribution in [0.5, 0.6) is 0 Å². The maximum atomic E-state index is 13.2. The Labute approximate surface area is 116 Å². The van der Waals surface area contributed by atoms with E-state index in [1.54, 1.807) is 7.05 Å². The number of hydrogen-bond acceptors (Lipinski definition) is 3. The fourth-order valence-electron chi connectivity index (χ4n) is 1.94. The molecule has 1 heterocycles. The number of carbonyl (C=O) groups excluding carboxylic acids is 2. The number of benzene rings is 1. The highest BCUT2D eigenvalue weighted by atomic mass is 19.1. The fraction of sp³-hybridized carbons (Fsp3) is 0.286. The van der Waals surface area contributed by atoms with Crippen LogP contribution in [-0.2, 0) is 11.3 Å². The summed E-state index contributed by atoms with van der Waals surface area (Å²) < 4.78 is 13.2. The molecule has 0 aliphatic carbocycles. The highest BCUT2D eigenvalue weighted by Crippen LogP contribution is 2.17. The number of nitrogens with two attached hydrogens (primary N) is 1. The van der Waals surface area contributed by atoms with Crippen molar-refractivity contribution in [3.8, 4) is 11.8 Å². The Morgan fingerprint density at radius 2 is 2.15 bits per heavy atom. The van der Waals surface area contributed by atoms with E-state index < -0.39 is 5.82 Å². The molecule has 1 aromatic carbocycles. The molecule has 0 atom stereocenters. The van der Waals surface area contributed by atoms with Crippen LogP contribution in [0.15, 0.2) is 18.2 Å². The fourth-order valence-corrected chi connectivity index (χ4v) is 1.94. The zero-order chi connectivity index (χ0) is 14.7. The Bertz CT molecular complexity index is 619. The highest BCUT2D eigenvalue weighted by Gasteiger charge is 2.33. The monoisotopic (exact) mass is 275 g/mol. The Morgan fingerprint density at radius 3 is 2.75 bits per heavy atom. The van der Waals surface area contributed by atoms with Gasteiger partial charge in [-0.3, -0.25) is 9.69 Å². The second-order valence-electron chi connectivity index (χ2n) is 4.43. The van der Waals surface area contributed by atoms with E-state index in [0.29, 0.717) is 11.1 Å².